The topological polar surface area (TPSA) is 84.2 Å². The van der Waals surface area contributed by atoms with Crippen molar-refractivity contribution in [3.05, 3.63) is 70.9 Å². The maximum Gasteiger partial charge on any atom is 0.360 e. The Morgan fingerprint density at radius 2 is 1.83 bits per heavy atom. The highest BCUT2D eigenvalue weighted by molar-refractivity contribution is 6.43. The van der Waals surface area contributed by atoms with E-state index < -0.39 is 5.97 Å². The van der Waals surface area contributed by atoms with Gasteiger partial charge in [0.15, 0.2) is 5.71 Å². The second-order valence-corrected chi connectivity index (χ2v) is 6.39. The lowest BCUT2D eigenvalue weighted by molar-refractivity contribution is -0.132. The first kappa shape index (κ1) is 21.2. The molecule has 2 aromatic carbocycles. The first-order valence-electron chi connectivity index (χ1n) is 8.87. The van der Waals surface area contributed by atoms with Crippen LogP contribution in [0.4, 0.5) is 0 Å². The summed E-state index contributed by atoms with van der Waals surface area (Å²) in [6, 6.07) is 14.5. The van der Waals surface area contributed by atoms with Crippen LogP contribution in [-0.2, 0) is 21.0 Å². The van der Waals surface area contributed by atoms with E-state index in [-0.39, 0.29) is 18.2 Å². The van der Waals surface area contributed by atoms with Crippen LogP contribution >= 0.6 is 11.6 Å². The highest BCUT2D eigenvalue weighted by Gasteiger charge is 2.20. The third kappa shape index (κ3) is 4.72. The normalized spacial score (nSPS) is 11.1. The second-order valence-electron chi connectivity index (χ2n) is 5.98. The number of benzene rings is 2. The molecule has 0 aliphatic rings. The second kappa shape index (κ2) is 9.80. The Labute approximate surface area is 178 Å². The fourth-order valence-electron chi connectivity index (χ4n) is 2.71. The number of carbonyl (C=O) groups is 1. The lowest BCUT2D eigenvalue weighted by Crippen LogP contribution is -2.19. The maximum atomic E-state index is 12.1. The minimum absolute atomic E-state index is 0.0362. The summed E-state index contributed by atoms with van der Waals surface area (Å²) in [7, 11) is 4.23. The van der Waals surface area contributed by atoms with E-state index in [1.165, 1.54) is 14.2 Å². The molecule has 0 bridgehead atoms. The summed E-state index contributed by atoms with van der Waals surface area (Å²) in [5.41, 5.74) is 2.05. The number of nitrogens with zero attached hydrogens (tertiary/aromatic N) is 3. The van der Waals surface area contributed by atoms with Crippen LogP contribution < -0.4 is 9.47 Å². The predicted octanol–water partition coefficient (Wildman–Crippen LogP) is 3.64. The van der Waals surface area contributed by atoms with Crippen molar-refractivity contribution < 1.29 is 23.8 Å². The van der Waals surface area contributed by atoms with Gasteiger partial charge in [0.05, 0.1) is 26.1 Å². The number of hydrogen-bond acceptors (Lipinski definition) is 7. The molecule has 0 amide bonds. The van der Waals surface area contributed by atoms with Crippen molar-refractivity contribution in [2.45, 2.75) is 6.61 Å². The van der Waals surface area contributed by atoms with Crippen LogP contribution in [0.5, 0.6) is 11.6 Å². The zero-order chi connectivity index (χ0) is 21.5. The summed E-state index contributed by atoms with van der Waals surface area (Å²) in [4.78, 5) is 16.9. The molecule has 1 heterocycles. The molecular weight excluding hydrogens is 410 g/mol. The van der Waals surface area contributed by atoms with E-state index in [0.29, 0.717) is 16.1 Å². The Hall–Kier alpha value is -3.52. The lowest BCUT2D eigenvalue weighted by atomic mass is 10.0. The van der Waals surface area contributed by atoms with Crippen LogP contribution in [0, 0.1) is 0 Å². The van der Waals surface area contributed by atoms with Gasteiger partial charge in [-0.2, -0.15) is 0 Å². The number of ether oxygens (including phenoxy) is 3. The molecule has 0 atom stereocenters. The Kier molecular flexibility index (Phi) is 6.92. The molecule has 156 valence electrons. The van der Waals surface area contributed by atoms with Crippen LogP contribution in [0.2, 0.25) is 5.02 Å². The molecule has 8 nitrogen and oxygen atoms in total. The third-order valence-corrected chi connectivity index (χ3v) is 4.43. The summed E-state index contributed by atoms with van der Waals surface area (Å²) < 4.78 is 17.4. The zero-order valence-electron chi connectivity index (χ0n) is 16.7. The molecule has 0 unspecified atom stereocenters. The van der Waals surface area contributed by atoms with Gasteiger partial charge in [0.2, 0.25) is 0 Å². The van der Waals surface area contributed by atoms with Gasteiger partial charge >= 0.3 is 5.97 Å². The summed E-state index contributed by atoms with van der Waals surface area (Å²) in [5.74, 6) is 0.376. The molecule has 0 spiro atoms. The van der Waals surface area contributed by atoms with E-state index in [2.05, 4.69) is 10.3 Å². The first-order valence-corrected chi connectivity index (χ1v) is 9.25. The highest BCUT2D eigenvalue weighted by atomic mass is 35.5. The largest absolute Gasteiger partial charge is 0.497 e. The van der Waals surface area contributed by atoms with Crippen LogP contribution in [0.15, 0.2) is 59.9 Å². The monoisotopic (exact) mass is 429 g/mol. The highest BCUT2D eigenvalue weighted by Crippen LogP contribution is 2.26. The zero-order valence-corrected chi connectivity index (χ0v) is 17.4. The molecule has 0 aliphatic carbocycles. The van der Waals surface area contributed by atoms with Gasteiger partial charge < -0.3 is 19.0 Å². The van der Waals surface area contributed by atoms with E-state index >= 15 is 0 Å². The maximum absolute atomic E-state index is 12.1. The molecule has 30 heavy (non-hydrogen) atoms. The van der Waals surface area contributed by atoms with Crippen molar-refractivity contribution in [1.29, 1.82) is 0 Å². The van der Waals surface area contributed by atoms with E-state index in [1.54, 1.807) is 36.2 Å². The summed E-state index contributed by atoms with van der Waals surface area (Å²) in [6.45, 7) is 0.106. The van der Waals surface area contributed by atoms with E-state index in [0.717, 1.165) is 11.4 Å². The van der Waals surface area contributed by atoms with Gasteiger partial charge in [-0.1, -0.05) is 41.0 Å². The molecule has 1 aromatic heterocycles. The minimum Gasteiger partial charge on any atom is -0.497 e. The number of carbonyl (C=O) groups excluding carboxylic acids is 1. The van der Waals surface area contributed by atoms with Gasteiger partial charge in [0, 0.05) is 5.56 Å². The van der Waals surface area contributed by atoms with Crippen LogP contribution in [0.3, 0.4) is 0 Å². The molecular formula is C21H20ClN3O5. The summed E-state index contributed by atoms with van der Waals surface area (Å²) in [5, 5.41) is 8.52. The molecule has 0 N–H and O–H groups in total. The number of aromatic nitrogens is 2. The van der Waals surface area contributed by atoms with Crippen molar-refractivity contribution in [3.63, 3.8) is 0 Å². The average molecular weight is 430 g/mol. The Morgan fingerprint density at radius 1 is 1.10 bits per heavy atom. The van der Waals surface area contributed by atoms with Crippen molar-refractivity contribution in [2.75, 3.05) is 21.3 Å². The van der Waals surface area contributed by atoms with Crippen LogP contribution in [0.25, 0.3) is 5.69 Å². The quantitative estimate of drug-likeness (QED) is 0.309. The molecule has 0 saturated heterocycles. The average Bonchev–Trinajstić information content (AvgIpc) is 3.16. The molecule has 3 rings (SSSR count). The van der Waals surface area contributed by atoms with Crippen molar-refractivity contribution in [1.82, 2.24) is 9.78 Å². The number of oxime groups is 1. The SMILES string of the molecule is CON=C(C(=O)OC)c1ccccc1COc1nn(-c2ccc(OC)cc2)cc1Cl. The van der Waals surface area contributed by atoms with Crippen LogP contribution in [0.1, 0.15) is 11.1 Å². The first-order chi connectivity index (χ1) is 14.6. The molecule has 0 fully saturated rings. The fourth-order valence-corrected chi connectivity index (χ4v) is 2.89. The molecule has 0 saturated carbocycles. The number of halogens is 1. The van der Waals surface area contributed by atoms with E-state index in [4.69, 9.17) is 30.6 Å². The van der Waals surface area contributed by atoms with Gasteiger partial charge in [-0.15, -0.1) is 5.10 Å². The number of rotatable bonds is 8. The van der Waals surface area contributed by atoms with E-state index in [1.807, 2.05) is 30.3 Å². The van der Waals surface area contributed by atoms with E-state index in [9.17, 15) is 4.79 Å². The Bertz CT molecular complexity index is 1050. The van der Waals surface area contributed by atoms with Crippen molar-refractivity contribution >= 4 is 23.3 Å². The Balaban J connectivity index is 1.82. The van der Waals surface area contributed by atoms with Crippen LogP contribution in [-0.4, -0.2) is 42.8 Å². The smallest absolute Gasteiger partial charge is 0.360 e. The summed E-state index contributed by atoms with van der Waals surface area (Å²) in [6.07, 6.45) is 1.65. The van der Waals surface area contributed by atoms with Crippen molar-refractivity contribution in [2.24, 2.45) is 5.16 Å². The van der Waals surface area contributed by atoms with Gasteiger partial charge in [-0.05, 0) is 29.8 Å². The molecule has 0 aliphatic heterocycles. The molecule has 9 heteroatoms. The van der Waals surface area contributed by atoms with Gasteiger partial charge in [0.25, 0.3) is 5.88 Å². The van der Waals surface area contributed by atoms with Gasteiger partial charge in [0.1, 0.15) is 24.5 Å². The van der Waals surface area contributed by atoms with Gasteiger partial charge in [-0.25, -0.2) is 9.48 Å². The number of hydrogen-bond donors (Lipinski definition) is 0. The molecule has 3 aromatic rings. The summed E-state index contributed by atoms with van der Waals surface area (Å²) >= 11 is 6.29. The fraction of sp³-hybridized carbons (Fsp3) is 0.190. The van der Waals surface area contributed by atoms with Crippen molar-refractivity contribution in [3.8, 4) is 17.3 Å². The lowest BCUT2D eigenvalue weighted by Gasteiger charge is -2.10. The number of methoxy groups -OCH3 is 2. The standard InChI is InChI=1S/C21H20ClN3O5/c1-27-16-10-8-15(9-11-16)25-12-18(22)20(23-25)30-13-14-6-4-5-7-17(14)19(24-29-3)21(26)28-2/h4-12H,13H2,1-3H3. The molecule has 0 radical (unpaired) electrons. The minimum atomic E-state index is -0.619. The van der Waals surface area contributed by atoms with Gasteiger partial charge in [-0.3, -0.25) is 0 Å². The Morgan fingerprint density at radius 3 is 2.50 bits per heavy atom. The number of esters is 1. The third-order valence-electron chi connectivity index (χ3n) is 4.17. The predicted molar refractivity (Wildman–Crippen MR) is 111 cm³/mol.